The number of benzene rings is 2. The van der Waals surface area contributed by atoms with Gasteiger partial charge in [-0.1, -0.05) is 29.8 Å². The maximum Gasteiger partial charge on any atom is 0.422 e. The predicted octanol–water partition coefficient (Wildman–Crippen LogP) is 5.30. The van der Waals surface area contributed by atoms with Crippen LogP contribution in [0.1, 0.15) is 31.9 Å². The Labute approximate surface area is 155 Å². The van der Waals surface area contributed by atoms with E-state index in [1.807, 2.05) is 0 Å². The van der Waals surface area contributed by atoms with E-state index >= 15 is 0 Å². The molecule has 0 spiro atoms. The van der Waals surface area contributed by atoms with Crippen LogP contribution in [0.25, 0.3) is 11.6 Å². The Bertz CT molecular complexity index is 931. The molecule has 0 bridgehead atoms. The molecule has 0 unspecified atom stereocenters. The number of hydrogen-bond acceptors (Lipinski definition) is 3. The van der Waals surface area contributed by atoms with Crippen molar-refractivity contribution in [1.82, 2.24) is 0 Å². The number of carbonyl (C=O) groups excluding carboxylic acids is 2. The molecule has 3 rings (SSSR count). The maximum atomic E-state index is 13.5. The van der Waals surface area contributed by atoms with Crippen LogP contribution in [0, 0.1) is 5.82 Å². The topological polar surface area (TPSA) is 46.6 Å². The zero-order chi connectivity index (χ0) is 19.1. The van der Waals surface area contributed by atoms with E-state index in [2.05, 4.69) is 0 Å². The summed E-state index contributed by atoms with van der Waals surface area (Å²) in [6.45, 7) is 5.15. The van der Waals surface area contributed by atoms with Crippen molar-refractivity contribution in [2.45, 2.75) is 26.4 Å². The molecule has 0 aliphatic carbocycles. The van der Waals surface area contributed by atoms with E-state index < -0.39 is 23.4 Å². The molecule has 6 heteroatoms. The molecule has 2 amide bonds. The van der Waals surface area contributed by atoms with Crippen LogP contribution in [0.2, 0.25) is 5.02 Å². The Morgan fingerprint density at radius 1 is 1.19 bits per heavy atom. The Morgan fingerprint density at radius 2 is 1.92 bits per heavy atom. The minimum atomic E-state index is -0.784. The summed E-state index contributed by atoms with van der Waals surface area (Å²) in [6, 6.07) is 10.7. The fraction of sp³-hybridized carbons (Fsp3) is 0.200. The van der Waals surface area contributed by atoms with Crippen LogP contribution in [0.4, 0.5) is 14.9 Å². The molecule has 4 nitrogen and oxygen atoms in total. The van der Waals surface area contributed by atoms with Gasteiger partial charge < -0.3 is 4.74 Å². The van der Waals surface area contributed by atoms with Crippen molar-refractivity contribution in [1.29, 1.82) is 0 Å². The van der Waals surface area contributed by atoms with E-state index in [-0.39, 0.29) is 5.57 Å². The summed E-state index contributed by atoms with van der Waals surface area (Å²) in [6.07, 6.45) is 0.761. The SMILES string of the molecule is CC(C)(C)OC(=O)N1C(=O)/C(=C\c2cccc(F)c2)c2ccc(Cl)cc21. The third-order valence-corrected chi connectivity index (χ3v) is 3.90. The third-order valence-electron chi connectivity index (χ3n) is 3.66. The second-order valence-corrected chi connectivity index (χ2v) is 7.33. The molecule has 2 aromatic rings. The minimum Gasteiger partial charge on any atom is -0.443 e. The number of imide groups is 1. The first-order valence-electron chi connectivity index (χ1n) is 8.00. The normalized spacial score (nSPS) is 15.3. The highest BCUT2D eigenvalue weighted by Crippen LogP contribution is 2.40. The molecule has 0 saturated carbocycles. The van der Waals surface area contributed by atoms with Crippen molar-refractivity contribution < 1.29 is 18.7 Å². The molecule has 0 radical (unpaired) electrons. The Balaban J connectivity index is 2.09. The summed E-state index contributed by atoms with van der Waals surface area (Å²) in [5.74, 6) is -0.953. The number of ether oxygens (including phenoxy) is 1. The number of anilines is 1. The molecule has 134 valence electrons. The highest BCUT2D eigenvalue weighted by atomic mass is 35.5. The predicted molar refractivity (Wildman–Crippen MR) is 99.4 cm³/mol. The number of amides is 2. The largest absolute Gasteiger partial charge is 0.443 e. The lowest BCUT2D eigenvalue weighted by atomic mass is 10.0. The van der Waals surface area contributed by atoms with E-state index in [9.17, 15) is 14.0 Å². The molecular weight excluding hydrogens is 357 g/mol. The molecule has 1 heterocycles. The van der Waals surface area contributed by atoms with Crippen molar-refractivity contribution in [3.05, 3.63) is 64.4 Å². The van der Waals surface area contributed by atoms with Gasteiger partial charge in [0.1, 0.15) is 11.4 Å². The van der Waals surface area contributed by atoms with Crippen LogP contribution < -0.4 is 4.90 Å². The van der Waals surface area contributed by atoms with Crippen LogP contribution >= 0.6 is 11.6 Å². The number of rotatable bonds is 1. The average Bonchev–Trinajstić information content (AvgIpc) is 2.77. The van der Waals surface area contributed by atoms with Gasteiger partial charge in [0.2, 0.25) is 0 Å². The summed E-state index contributed by atoms with van der Waals surface area (Å²) < 4.78 is 18.8. The van der Waals surface area contributed by atoms with Crippen molar-refractivity contribution >= 4 is 40.9 Å². The standard InChI is InChI=1S/C20H17ClFNO3/c1-20(2,3)26-19(25)23-17-11-13(21)7-8-15(17)16(18(23)24)10-12-5-4-6-14(22)9-12/h4-11H,1-3H3/b16-10-. The van der Waals surface area contributed by atoms with Crippen LogP contribution in [-0.4, -0.2) is 17.6 Å². The van der Waals surface area contributed by atoms with Crippen LogP contribution in [0.3, 0.4) is 0 Å². The van der Waals surface area contributed by atoms with E-state index in [4.69, 9.17) is 16.3 Å². The lowest BCUT2D eigenvalue weighted by Crippen LogP contribution is -2.38. The molecule has 0 saturated heterocycles. The van der Waals surface area contributed by atoms with Crippen LogP contribution in [-0.2, 0) is 9.53 Å². The summed E-state index contributed by atoms with van der Waals surface area (Å²) in [5, 5.41) is 0.386. The highest BCUT2D eigenvalue weighted by Gasteiger charge is 2.39. The molecule has 26 heavy (non-hydrogen) atoms. The maximum absolute atomic E-state index is 13.5. The van der Waals surface area contributed by atoms with Gasteiger partial charge in [-0.3, -0.25) is 4.79 Å². The Morgan fingerprint density at radius 3 is 2.58 bits per heavy atom. The zero-order valence-corrected chi connectivity index (χ0v) is 15.3. The van der Waals surface area contributed by atoms with Gasteiger partial charge in [-0.15, -0.1) is 0 Å². The first-order valence-corrected chi connectivity index (χ1v) is 8.38. The molecule has 2 aromatic carbocycles. The highest BCUT2D eigenvalue weighted by molar-refractivity contribution is 6.42. The Kier molecular flexibility index (Phi) is 4.59. The fourth-order valence-corrected chi connectivity index (χ4v) is 2.82. The summed E-state index contributed by atoms with van der Waals surface area (Å²) in [5.41, 5.74) is 0.910. The van der Waals surface area contributed by atoms with Gasteiger partial charge >= 0.3 is 6.09 Å². The fourth-order valence-electron chi connectivity index (χ4n) is 2.65. The first-order chi connectivity index (χ1) is 12.2. The summed E-state index contributed by atoms with van der Waals surface area (Å²) in [4.78, 5) is 26.4. The van der Waals surface area contributed by atoms with Crippen LogP contribution in [0.15, 0.2) is 42.5 Å². The van der Waals surface area contributed by atoms with Gasteiger partial charge in [-0.2, -0.15) is 0 Å². The molecule has 0 fully saturated rings. The monoisotopic (exact) mass is 373 g/mol. The molecule has 1 aliphatic rings. The number of carbonyl (C=O) groups is 2. The summed E-state index contributed by atoms with van der Waals surface area (Å²) >= 11 is 6.04. The van der Waals surface area contributed by atoms with E-state index in [0.717, 1.165) is 4.90 Å². The molecular formula is C20H17ClFNO3. The number of halogens is 2. The lowest BCUT2D eigenvalue weighted by molar-refractivity contribution is -0.112. The number of nitrogens with zero attached hydrogens (tertiary/aromatic N) is 1. The van der Waals surface area contributed by atoms with Gasteiger partial charge in [0.15, 0.2) is 0 Å². The van der Waals surface area contributed by atoms with Gasteiger partial charge in [-0.25, -0.2) is 14.1 Å². The van der Waals surface area contributed by atoms with Crippen molar-refractivity contribution in [2.75, 3.05) is 4.90 Å². The van der Waals surface area contributed by atoms with Crippen molar-refractivity contribution in [3.63, 3.8) is 0 Å². The lowest BCUT2D eigenvalue weighted by Gasteiger charge is -2.23. The first kappa shape index (κ1) is 18.1. The summed E-state index contributed by atoms with van der Waals surface area (Å²) in [7, 11) is 0. The van der Waals surface area contributed by atoms with Crippen molar-refractivity contribution in [3.8, 4) is 0 Å². The third kappa shape index (κ3) is 3.63. The average molecular weight is 374 g/mol. The number of fused-ring (bicyclic) bond motifs is 1. The molecule has 0 atom stereocenters. The van der Waals surface area contributed by atoms with Crippen molar-refractivity contribution in [2.24, 2.45) is 0 Å². The van der Waals surface area contributed by atoms with Crippen LogP contribution in [0.5, 0.6) is 0 Å². The second kappa shape index (κ2) is 6.57. The van der Waals surface area contributed by atoms with E-state index in [0.29, 0.717) is 21.8 Å². The second-order valence-electron chi connectivity index (χ2n) is 6.90. The minimum absolute atomic E-state index is 0.271. The van der Waals surface area contributed by atoms with E-state index in [1.54, 1.807) is 51.1 Å². The van der Waals surface area contributed by atoms with Gasteiger partial charge in [-0.05, 0) is 56.7 Å². The van der Waals surface area contributed by atoms with Gasteiger partial charge in [0.05, 0.1) is 11.3 Å². The van der Waals surface area contributed by atoms with Gasteiger partial charge in [0.25, 0.3) is 5.91 Å². The Hall–Kier alpha value is -2.66. The molecule has 1 aliphatic heterocycles. The molecule has 0 N–H and O–H groups in total. The smallest absolute Gasteiger partial charge is 0.422 e. The quantitative estimate of drug-likeness (QED) is 0.637. The number of hydrogen-bond donors (Lipinski definition) is 0. The zero-order valence-electron chi connectivity index (χ0n) is 14.5. The van der Waals surface area contributed by atoms with E-state index in [1.165, 1.54) is 18.2 Å². The molecule has 0 aromatic heterocycles. The van der Waals surface area contributed by atoms with Gasteiger partial charge in [0, 0.05) is 10.6 Å².